The molecule has 0 aliphatic heterocycles. The molecule has 0 saturated heterocycles. The minimum Gasteiger partial charge on any atom is -0.391 e. The van der Waals surface area contributed by atoms with Crippen LogP contribution in [0.2, 0.25) is 0 Å². The van der Waals surface area contributed by atoms with Crippen LogP contribution in [-0.2, 0) is 4.74 Å². The van der Waals surface area contributed by atoms with E-state index in [1.807, 2.05) is 14.0 Å². The van der Waals surface area contributed by atoms with Crippen LogP contribution in [0.3, 0.4) is 0 Å². The van der Waals surface area contributed by atoms with Gasteiger partial charge in [-0.3, -0.25) is 0 Å². The molecule has 1 aromatic heterocycles. The zero-order chi connectivity index (χ0) is 15.1. The maximum atomic E-state index is 9.63. The van der Waals surface area contributed by atoms with E-state index in [1.54, 1.807) is 7.11 Å². The molecule has 0 fully saturated rings. The summed E-state index contributed by atoms with van der Waals surface area (Å²) in [5.74, 6) is 2.73. The fourth-order valence-corrected chi connectivity index (χ4v) is 1.84. The minimum atomic E-state index is -0.456. The molecule has 0 aliphatic carbocycles. The maximum absolute atomic E-state index is 9.63. The van der Waals surface area contributed by atoms with Gasteiger partial charge < -0.3 is 20.5 Å². The first kappa shape index (κ1) is 16.7. The zero-order valence-corrected chi connectivity index (χ0v) is 13.0. The third-order valence-electron chi connectivity index (χ3n) is 3.05. The second-order valence-electron chi connectivity index (χ2n) is 5.13. The molecule has 0 aromatic carbocycles. The van der Waals surface area contributed by atoms with E-state index >= 15 is 0 Å². The molecule has 0 aliphatic rings. The molecule has 0 amide bonds. The number of nitrogens with one attached hydrogen (secondary N) is 2. The summed E-state index contributed by atoms with van der Waals surface area (Å²) in [5, 5.41) is 16.0. The van der Waals surface area contributed by atoms with E-state index in [1.165, 1.54) is 0 Å². The molecule has 6 nitrogen and oxygen atoms in total. The number of rotatable bonds is 8. The summed E-state index contributed by atoms with van der Waals surface area (Å²) in [6.45, 7) is 7.10. The van der Waals surface area contributed by atoms with Gasteiger partial charge in [-0.1, -0.05) is 13.8 Å². The molecule has 0 spiro atoms. The van der Waals surface area contributed by atoms with Gasteiger partial charge in [-0.2, -0.15) is 0 Å². The number of aliphatic hydroxyl groups is 1. The minimum absolute atomic E-state index is 0.266. The van der Waals surface area contributed by atoms with Gasteiger partial charge in [-0.25, -0.2) is 9.97 Å². The maximum Gasteiger partial charge on any atom is 0.135 e. The van der Waals surface area contributed by atoms with E-state index in [9.17, 15) is 5.11 Å². The molecule has 0 bridgehead atoms. The van der Waals surface area contributed by atoms with Crippen LogP contribution >= 0.6 is 0 Å². The number of hydrogen-bond donors (Lipinski definition) is 3. The number of hydrogen-bond acceptors (Lipinski definition) is 6. The van der Waals surface area contributed by atoms with Crippen molar-refractivity contribution in [3.8, 4) is 0 Å². The molecule has 1 atom stereocenters. The highest BCUT2D eigenvalue weighted by atomic mass is 16.5. The average molecular weight is 282 g/mol. The molecule has 0 saturated carbocycles. The van der Waals surface area contributed by atoms with Crippen LogP contribution in [0.5, 0.6) is 0 Å². The fraction of sp³-hybridized carbons (Fsp3) is 0.714. The van der Waals surface area contributed by atoms with E-state index < -0.39 is 6.10 Å². The van der Waals surface area contributed by atoms with Crippen molar-refractivity contribution in [2.24, 2.45) is 0 Å². The van der Waals surface area contributed by atoms with Gasteiger partial charge in [0.2, 0.25) is 0 Å². The normalized spacial score (nSPS) is 12.6. The number of nitrogens with zero attached hydrogens (tertiary/aromatic N) is 2. The SMILES string of the molecule is CNc1nc(C(C)C)nc(NCCC(O)COC)c1C. The number of anilines is 2. The Balaban J connectivity index is 2.75. The third kappa shape index (κ3) is 4.61. The molecule has 3 N–H and O–H groups in total. The summed E-state index contributed by atoms with van der Waals surface area (Å²) in [4.78, 5) is 9.04. The topological polar surface area (TPSA) is 79.3 Å². The molecule has 20 heavy (non-hydrogen) atoms. The fourth-order valence-electron chi connectivity index (χ4n) is 1.84. The highest BCUT2D eigenvalue weighted by Crippen LogP contribution is 2.22. The Morgan fingerprint density at radius 2 is 1.90 bits per heavy atom. The van der Waals surface area contributed by atoms with Gasteiger partial charge in [0.05, 0.1) is 12.7 Å². The highest BCUT2D eigenvalue weighted by molar-refractivity contribution is 5.57. The molecular formula is C14H26N4O2. The van der Waals surface area contributed by atoms with Crippen molar-refractivity contribution in [3.63, 3.8) is 0 Å². The van der Waals surface area contributed by atoms with E-state index in [4.69, 9.17) is 4.74 Å². The van der Waals surface area contributed by atoms with Crippen LogP contribution in [0.1, 0.15) is 37.6 Å². The molecular weight excluding hydrogens is 256 g/mol. The molecule has 0 radical (unpaired) electrons. The Hall–Kier alpha value is -1.40. The number of methoxy groups -OCH3 is 1. The smallest absolute Gasteiger partial charge is 0.135 e. The molecule has 6 heteroatoms. The number of aliphatic hydroxyl groups excluding tert-OH is 1. The number of ether oxygens (including phenoxy) is 1. The summed E-state index contributed by atoms with van der Waals surface area (Å²) in [5.41, 5.74) is 0.984. The first-order valence-corrected chi connectivity index (χ1v) is 6.96. The van der Waals surface area contributed by atoms with E-state index in [-0.39, 0.29) is 5.92 Å². The summed E-state index contributed by atoms with van der Waals surface area (Å²) in [7, 11) is 3.44. The molecule has 1 aromatic rings. The molecule has 1 rings (SSSR count). The van der Waals surface area contributed by atoms with Gasteiger partial charge in [0.1, 0.15) is 17.5 Å². The lowest BCUT2D eigenvalue weighted by atomic mass is 10.2. The van der Waals surface area contributed by atoms with Crippen molar-refractivity contribution >= 4 is 11.6 Å². The van der Waals surface area contributed by atoms with Crippen LogP contribution in [0, 0.1) is 6.92 Å². The lowest BCUT2D eigenvalue weighted by molar-refractivity contribution is 0.0615. The van der Waals surface area contributed by atoms with Crippen molar-refractivity contribution in [2.45, 2.75) is 39.2 Å². The van der Waals surface area contributed by atoms with Crippen molar-refractivity contribution in [1.29, 1.82) is 0 Å². The van der Waals surface area contributed by atoms with Crippen LogP contribution in [0.4, 0.5) is 11.6 Å². The first-order chi connectivity index (χ1) is 9.49. The average Bonchev–Trinajstić information content (AvgIpc) is 2.40. The van der Waals surface area contributed by atoms with Crippen molar-refractivity contribution in [2.75, 3.05) is 37.9 Å². The quantitative estimate of drug-likeness (QED) is 0.674. The Bertz CT molecular complexity index is 424. The van der Waals surface area contributed by atoms with Gasteiger partial charge in [-0.05, 0) is 13.3 Å². The van der Waals surface area contributed by atoms with Crippen LogP contribution < -0.4 is 10.6 Å². The van der Waals surface area contributed by atoms with Gasteiger partial charge in [-0.15, -0.1) is 0 Å². The number of aromatic nitrogens is 2. The standard InChI is InChI=1S/C14H26N4O2/c1-9(2)12-17-13(15-4)10(3)14(18-12)16-7-6-11(19)8-20-5/h9,11,19H,6-8H2,1-5H3,(H2,15,16,17,18). The van der Waals surface area contributed by atoms with E-state index in [0.29, 0.717) is 19.6 Å². The lowest BCUT2D eigenvalue weighted by Crippen LogP contribution is -2.19. The Kier molecular flexibility index (Phi) is 6.67. The molecule has 1 heterocycles. The van der Waals surface area contributed by atoms with E-state index in [2.05, 4.69) is 34.4 Å². The van der Waals surface area contributed by atoms with Crippen molar-refractivity contribution in [3.05, 3.63) is 11.4 Å². The van der Waals surface area contributed by atoms with Gasteiger partial charge >= 0.3 is 0 Å². The Morgan fingerprint density at radius 1 is 1.25 bits per heavy atom. The highest BCUT2D eigenvalue weighted by Gasteiger charge is 2.12. The van der Waals surface area contributed by atoms with Gasteiger partial charge in [0.25, 0.3) is 0 Å². The summed E-state index contributed by atoms with van der Waals surface area (Å²) in [6.07, 6.45) is 0.159. The Labute approximate surface area is 121 Å². The van der Waals surface area contributed by atoms with E-state index in [0.717, 1.165) is 23.0 Å². The third-order valence-corrected chi connectivity index (χ3v) is 3.05. The lowest BCUT2D eigenvalue weighted by Gasteiger charge is -2.16. The van der Waals surface area contributed by atoms with Crippen LogP contribution in [-0.4, -0.2) is 48.5 Å². The van der Waals surface area contributed by atoms with Crippen molar-refractivity contribution < 1.29 is 9.84 Å². The molecule has 114 valence electrons. The molecule has 1 unspecified atom stereocenters. The first-order valence-electron chi connectivity index (χ1n) is 6.96. The summed E-state index contributed by atoms with van der Waals surface area (Å²) in [6, 6.07) is 0. The zero-order valence-electron chi connectivity index (χ0n) is 13.0. The summed E-state index contributed by atoms with van der Waals surface area (Å²) >= 11 is 0. The van der Waals surface area contributed by atoms with Crippen molar-refractivity contribution in [1.82, 2.24) is 9.97 Å². The van der Waals surface area contributed by atoms with Gasteiger partial charge in [0.15, 0.2) is 0 Å². The predicted octanol–water partition coefficient (Wildman–Crippen LogP) is 1.76. The second-order valence-corrected chi connectivity index (χ2v) is 5.13. The largest absolute Gasteiger partial charge is 0.391 e. The predicted molar refractivity (Wildman–Crippen MR) is 81.4 cm³/mol. The monoisotopic (exact) mass is 282 g/mol. The van der Waals surface area contributed by atoms with Crippen LogP contribution in [0.15, 0.2) is 0 Å². The van der Waals surface area contributed by atoms with Gasteiger partial charge in [0, 0.05) is 32.2 Å². The Morgan fingerprint density at radius 3 is 2.45 bits per heavy atom. The second kappa shape index (κ2) is 8.01. The van der Waals surface area contributed by atoms with Crippen LogP contribution in [0.25, 0.3) is 0 Å². The summed E-state index contributed by atoms with van der Waals surface area (Å²) < 4.78 is 4.90.